The quantitative estimate of drug-likeness (QED) is 0.389. The van der Waals surface area contributed by atoms with Crippen LogP contribution in [0, 0.1) is 5.41 Å². The number of nitrogens with one attached hydrogen (secondary N) is 2. The number of carbonyl (C=O) groups excluding carboxylic acids is 2. The lowest BCUT2D eigenvalue weighted by Gasteiger charge is -2.17. The Morgan fingerprint density at radius 3 is 2.29 bits per heavy atom. The first kappa shape index (κ1) is 24.0. The van der Waals surface area contributed by atoms with Crippen molar-refractivity contribution in [3.05, 3.63) is 71.0 Å². The van der Waals surface area contributed by atoms with Gasteiger partial charge in [-0.05, 0) is 41.8 Å². The minimum atomic E-state index is -0.249. The molecule has 164 valence electrons. The zero-order chi connectivity index (χ0) is 21.7. The second kappa shape index (κ2) is 10.6. The molecule has 0 aliphatic carbocycles. The molecule has 8 heteroatoms. The van der Waals surface area contributed by atoms with Gasteiger partial charge < -0.3 is 19.7 Å². The number of ether oxygens (including phenoxy) is 2. The van der Waals surface area contributed by atoms with Crippen LogP contribution in [-0.2, 0) is 25.5 Å². The minimum Gasteiger partial charge on any atom is -0.498 e. The molecule has 3 rings (SSSR count). The summed E-state index contributed by atoms with van der Waals surface area (Å²) in [6, 6.07) is 14.8. The molecule has 0 radical (unpaired) electrons. The zero-order valence-corrected chi connectivity index (χ0v) is 18.5. The van der Waals surface area contributed by atoms with Crippen molar-refractivity contribution in [2.75, 3.05) is 32.7 Å². The molecule has 0 unspecified atom stereocenters. The minimum absolute atomic E-state index is 0. The first-order chi connectivity index (χ1) is 14.5. The molecule has 0 saturated heterocycles. The Balaban J connectivity index is 0.00000341. The first-order valence-electron chi connectivity index (χ1n) is 9.60. The van der Waals surface area contributed by atoms with Crippen LogP contribution in [0.1, 0.15) is 23.1 Å². The number of anilines is 1. The number of esters is 1. The average molecular weight is 444 g/mol. The lowest BCUT2D eigenvalue weighted by atomic mass is 10.0. The molecule has 0 fully saturated rings. The fourth-order valence-corrected chi connectivity index (χ4v) is 3.35. The van der Waals surface area contributed by atoms with Crippen molar-refractivity contribution in [1.29, 1.82) is 5.41 Å². The number of halogens is 1. The molecule has 1 aliphatic rings. The van der Waals surface area contributed by atoms with Gasteiger partial charge in [-0.2, -0.15) is 0 Å². The molecule has 2 N–H and O–H groups in total. The Labute approximate surface area is 188 Å². The standard InChI is InChI=1S/C23H25N3O4.ClH/c1-25-22(24)17-9-11-18(12-10-17)26-14-19(29-2)21(23(26)28)16-7-4-15(5-8-16)6-13-20(27)30-3;/h4-5,7-12H,6,13-14H2,1-3H3,(H2,24,25);1H. The van der Waals surface area contributed by atoms with E-state index < -0.39 is 0 Å². The Morgan fingerprint density at radius 1 is 1.10 bits per heavy atom. The summed E-state index contributed by atoms with van der Waals surface area (Å²) < 4.78 is 10.2. The smallest absolute Gasteiger partial charge is 0.305 e. The van der Waals surface area contributed by atoms with E-state index in [1.807, 2.05) is 48.5 Å². The van der Waals surface area contributed by atoms with E-state index in [-0.39, 0.29) is 24.3 Å². The molecule has 1 aliphatic heterocycles. The third kappa shape index (κ3) is 5.24. The molecular formula is C23H26ClN3O4. The second-order valence-corrected chi connectivity index (χ2v) is 6.84. The van der Waals surface area contributed by atoms with E-state index >= 15 is 0 Å². The van der Waals surface area contributed by atoms with Crippen LogP contribution in [0.15, 0.2) is 54.3 Å². The second-order valence-electron chi connectivity index (χ2n) is 6.84. The molecule has 1 amide bonds. The van der Waals surface area contributed by atoms with E-state index in [2.05, 4.69) is 10.1 Å². The highest BCUT2D eigenvalue weighted by Gasteiger charge is 2.33. The van der Waals surface area contributed by atoms with Crippen LogP contribution in [0.4, 0.5) is 5.69 Å². The van der Waals surface area contributed by atoms with Crippen LogP contribution in [0.25, 0.3) is 5.57 Å². The van der Waals surface area contributed by atoms with Gasteiger partial charge in [0.1, 0.15) is 11.6 Å². The fourth-order valence-electron chi connectivity index (χ4n) is 3.35. The van der Waals surface area contributed by atoms with E-state index in [4.69, 9.17) is 10.1 Å². The van der Waals surface area contributed by atoms with Crippen LogP contribution in [-0.4, -0.2) is 45.5 Å². The maximum Gasteiger partial charge on any atom is 0.305 e. The van der Waals surface area contributed by atoms with Crippen molar-refractivity contribution in [2.45, 2.75) is 12.8 Å². The van der Waals surface area contributed by atoms with Gasteiger partial charge in [0.25, 0.3) is 5.91 Å². The lowest BCUT2D eigenvalue weighted by Crippen LogP contribution is -2.27. The number of aryl methyl sites for hydroxylation is 1. The molecule has 0 saturated carbocycles. The van der Waals surface area contributed by atoms with Gasteiger partial charge in [0.05, 0.1) is 26.3 Å². The molecule has 0 spiro atoms. The number of nitrogens with zero attached hydrogens (tertiary/aromatic N) is 1. The molecule has 0 atom stereocenters. The van der Waals surface area contributed by atoms with Gasteiger partial charge in [-0.1, -0.05) is 24.3 Å². The Hall–Kier alpha value is -3.32. The van der Waals surface area contributed by atoms with Crippen LogP contribution < -0.4 is 10.2 Å². The summed E-state index contributed by atoms with van der Waals surface area (Å²) in [5.41, 5.74) is 3.79. The van der Waals surface area contributed by atoms with Gasteiger partial charge >= 0.3 is 5.97 Å². The molecule has 0 aromatic heterocycles. The Bertz CT molecular complexity index is 985. The normalized spacial score (nSPS) is 13.0. The van der Waals surface area contributed by atoms with Crippen LogP contribution in [0.5, 0.6) is 0 Å². The zero-order valence-electron chi connectivity index (χ0n) is 17.7. The van der Waals surface area contributed by atoms with Crippen molar-refractivity contribution >= 4 is 41.4 Å². The van der Waals surface area contributed by atoms with Gasteiger partial charge in [0.2, 0.25) is 0 Å². The number of benzene rings is 2. The van der Waals surface area contributed by atoms with Crippen molar-refractivity contribution in [2.24, 2.45) is 0 Å². The third-order valence-corrected chi connectivity index (χ3v) is 5.09. The highest BCUT2D eigenvalue weighted by atomic mass is 35.5. The lowest BCUT2D eigenvalue weighted by molar-refractivity contribution is -0.140. The summed E-state index contributed by atoms with van der Waals surface area (Å²) >= 11 is 0. The predicted octanol–water partition coefficient (Wildman–Crippen LogP) is 3.16. The Kier molecular flexibility index (Phi) is 8.22. The molecular weight excluding hydrogens is 418 g/mol. The maximum absolute atomic E-state index is 13.2. The predicted molar refractivity (Wildman–Crippen MR) is 123 cm³/mol. The van der Waals surface area contributed by atoms with Gasteiger partial charge in [-0.25, -0.2) is 0 Å². The molecule has 0 bridgehead atoms. The van der Waals surface area contributed by atoms with Gasteiger partial charge in [-0.15, -0.1) is 12.4 Å². The topological polar surface area (TPSA) is 91.7 Å². The number of amides is 1. The summed E-state index contributed by atoms with van der Waals surface area (Å²) in [5.74, 6) is 0.541. The monoisotopic (exact) mass is 443 g/mol. The van der Waals surface area contributed by atoms with Crippen LogP contribution in [0.3, 0.4) is 0 Å². The highest BCUT2D eigenvalue weighted by Crippen LogP contribution is 2.32. The molecule has 2 aromatic carbocycles. The van der Waals surface area contributed by atoms with Crippen molar-refractivity contribution < 1.29 is 19.1 Å². The summed E-state index contributed by atoms with van der Waals surface area (Å²) in [7, 11) is 4.64. The van der Waals surface area contributed by atoms with E-state index in [1.165, 1.54) is 7.11 Å². The number of amidine groups is 1. The Morgan fingerprint density at radius 2 is 1.74 bits per heavy atom. The summed E-state index contributed by atoms with van der Waals surface area (Å²) in [6.45, 7) is 0.345. The van der Waals surface area contributed by atoms with E-state index in [0.29, 0.717) is 36.6 Å². The maximum atomic E-state index is 13.2. The molecule has 1 heterocycles. The SMILES string of the molecule is CNC(=N)c1ccc(N2CC(OC)=C(c3ccc(CCC(=O)OC)cc3)C2=O)cc1.Cl. The van der Waals surface area contributed by atoms with Crippen molar-refractivity contribution in [3.63, 3.8) is 0 Å². The van der Waals surface area contributed by atoms with Gasteiger partial charge in [0, 0.05) is 24.7 Å². The number of rotatable bonds is 7. The van der Waals surface area contributed by atoms with Crippen LogP contribution in [0.2, 0.25) is 0 Å². The summed E-state index contributed by atoms with van der Waals surface area (Å²) in [6.07, 6.45) is 0.896. The van der Waals surface area contributed by atoms with E-state index in [9.17, 15) is 9.59 Å². The van der Waals surface area contributed by atoms with Gasteiger partial charge in [-0.3, -0.25) is 15.0 Å². The molecule has 2 aromatic rings. The van der Waals surface area contributed by atoms with Gasteiger partial charge in [0.15, 0.2) is 0 Å². The first-order valence-corrected chi connectivity index (χ1v) is 9.60. The summed E-state index contributed by atoms with van der Waals surface area (Å²) in [5, 5.41) is 10.6. The number of methoxy groups -OCH3 is 2. The summed E-state index contributed by atoms with van der Waals surface area (Å²) in [4.78, 5) is 26.1. The third-order valence-electron chi connectivity index (χ3n) is 5.09. The number of hydrogen-bond acceptors (Lipinski definition) is 5. The van der Waals surface area contributed by atoms with E-state index in [0.717, 1.165) is 22.4 Å². The largest absolute Gasteiger partial charge is 0.498 e. The number of carbonyl (C=O) groups is 2. The average Bonchev–Trinajstić information content (AvgIpc) is 3.13. The number of hydrogen-bond donors (Lipinski definition) is 2. The molecule has 31 heavy (non-hydrogen) atoms. The highest BCUT2D eigenvalue weighted by molar-refractivity contribution is 6.29. The van der Waals surface area contributed by atoms with Crippen molar-refractivity contribution in [1.82, 2.24) is 5.32 Å². The molecule has 7 nitrogen and oxygen atoms in total. The van der Waals surface area contributed by atoms with Crippen molar-refractivity contribution in [3.8, 4) is 0 Å². The van der Waals surface area contributed by atoms with Crippen LogP contribution >= 0.6 is 12.4 Å². The van der Waals surface area contributed by atoms with E-state index in [1.54, 1.807) is 19.1 Å². The fraction of sp³-hybridized carbons (Fsp3) is 0.261.